The Kier molecular flexibility index (Phi) is 5.45. The summed E-state index contributed by atoms with van der Waals surface area (Å²) in [6, 6.07) is 5.58. The molecule has 0 unspecified atom stereocenters. The highest BCUT2D eigenvalue weighted by Crippen LogP contribution is 2.29. The van der Waals surface area contributed by atoms with Crippen LogP contribution in [0.25, 0.3) is 10.9 Å². The highest BCUT2D eigenvalue weighted by molar-refractivity contribution is 6.31. The van der Waals surface area contributed by atoms with Gasteiger partial charge in [0.1, 0.15) is 5.69 Å². The van der Waals surface area contributed by atoms with Crippen LogP contribution in [0.4, 0.5) is 0 Å². The van der Waals surface area contributed by atoms with Gasteiger partial charge in [-0.25, -0.2) is 0 Å². The van der Waals surface area contributed by atoms with E-state index in [2.05, 4.69) is 0 Å². The summed E-state index contributed by atoms with van der Waals surface area (Å²) in [6.07, 6.45) is 0. The molecule has 0 bridgehead atoms. The molecule has 0 atom stereocenters. The van der Waals surface area contributed by atoms with Crippen LogP contribution in [-0.4, -0.2) is 51.9 Å². The highest BCUT2D eigenvalue weighted by Gasteiger charge is 2.23. The number of rotatable bonds is 6. The van der Waals surface area contributed by atoms with Gasteiger partial charge in [-0.2, -0.15) is 0 Å². The molecule has 1 amide bonds. The fourth-order valence-corrected chi connectivity index (χ4v) is 2.98. The van der Waals surface area contributed by atoms with Gasteiger partial charge in [-0.05, 0) is 37.6 Å². The van der Waals surface area contributed by atoms with Gasteiger partial charge in [0.2, 0.25) is 0 Å². The first-order chi connectivity index (χ1) is 10.5. The van der Waals surface area contributed by atoms with Crippen LogP contribution in [0.15, 0.2) is 18.2 Å². The summed E-state index contributed by atoms with van der Waals surface area (Å²) in [7, 11) is 0. The number of fused-ring (bicyclic) bond motifs is 1. The van der Waals surface area contributed by atoms with Crippen molar-refractivity contribution in [3.8, 4) is 0 Å². The second-order valence-corrected chi connectivity index (χ2v) is 5.56. The van der Waals surface area contributed by atoms with Gasteiger partial charge < -0.3 is 19.7 Å². The molecule has 0 spiro atoms. The van der Waals surface area contributed by atoms with Crippen molar-refractivity contribution in [1.29, 1.82) is 0 Å². The van der Waals surface area contributed by atoms with E-state index in [1.165, 1.54) is 4.90 Å². The molecule has 2 N–H and O–H groups in total. The zero-order chi connectivity index (χ0) is 16.3. The van der Waals surface area contributed by atoms with Crippen molar-refractivity contribution < 1.29 is 15.0 Å². The lowest BCUT2D eigenvalue weighted by atomic mass is 10.1. The molecule has 1 heterocycles. The zero-order valence-electron chi connectivity index (χ0n) is 12.8. The molecule has 22 heavy (non-hydrogen) atoms. The molecule has 2 rings (SSSR count). The summed E-state index contributed by atoms with van der Waals surface area (Å²) in [5, 5.41) is 19.8. The Morgan fingerprint density at radius 3 is 2.45 bits per heavy atom. The maximum absolute atomic E-state index is 12.8. The molecule has 1 aromatic heterocycles. The Hall–Kier alpha value is -1.56. The van der Waals surface area contributed by atoms with E-state index in [-0.39, 0.29) is 32.2 Å². The average molecular weight is 325 g/mol. The number of benzene rings is 1. The molecule has 0 fully saturated rings. The first-order valence-corrected chi connectivity index (χ1v) is 7.72. The number of hydrogen-bond acceptors (Lipinski definition) is 3. The van der Waals surface area contributed by atoms with Gasteiger partial charge in [-0.1, -0.05) is 11.6 Å². The van der Waals surface area contributed by atoms with E-state index in [0.717, 1.165) is 16.5 Å². The Balaban J connectivity index is 2.58. The summed E-state index contributed by atoms with van der Waals surface area (Å²) >= 11 is 6.07. The van der Waals surface area contributed by atoms with Crippen LogP contribution in [0.1, 0.15) is 23.0 Å². The van der Waals surface area contributed by atoms with E-state index in [1.807, 2.05) is 36.6 Å². The zero-order valence-corrected chi connectivity index (χ0v) is 13.6. The van der Waals surface area contributed by atoms with Crippen LogP contribution in [0, 0.1) is 6.92 Å². The van der Waals surface area contributed by atoms with E-state index >= 15 is 0 Å². The van der Waals surface area contributed by atoms with Crippen molar-refractivity contribution in [3.05, 3.63) is 34.5 Å². The van der Waals surface area contributed by atoms with E-state index in [9.17, 15) is 4.79 Å². The molecule has 0 saturated heterocycles. The van der Waals surface area contributed by atoms with Crippen LogP contribution in [0.3, 0.4) is 0 Å². The minimum Gasteiger partial charge on any atom is -0.395 e. The molecule has 0 saturated carbocycles. The highest BCUT2D eigenvalue weighted by atomic mass is 35.5. The number of nitrogens with zero attached hydrogens (tertiary/aromatic N) is 2. The van der Waals surface area contributed by atoms with E-state index in [0.29, 0.717) is 17.3 Å². The smallest absolute Gasteiger partial charge is 0.270 e. The first-order valence-electron chi connectivity index (χ1n) is 7.34. The van der Waals surface area contributed by atoms with Crippen molar-refractivity contribution in [2.75, 3.05) is 26.3 Å². The van der Waals surface area contributed by atoms with Crippen molar-refractivity contribution in [2.24, 2.45) is 0 Å². The summed E-state index contributed by atoms with van der Waals surface area (Å²) < 4.78 is 1.95. The molecule has 0 radical (unpaired) electrons. The van der Waals surface area contributed by atoms with Crippen molar-refractivity contribution in [3.63, 3.8) is 0 Å². The van der Waals surface area contributed by atoms with Crippen LogP contribution in [0.2, 0.25) is 5.02 Å². The van der Waals surface area contributed by atoms with Gasteiger partial charge in [0.15, 0.2) is 0 Å². The van der Waals surface area contributed by atoms with Gasteiger partial charge >= 0.3 is 0 Å². The van der Waals surface area contributed by atoms with Crippen LogP contribution in [0.5, 0.6) is 0 Å². The molecule has 120 valence electrons. The number of carbonyl (C=O) groups excluding carboxylic acids is 1. The molecular formula is C16H21ClN2O3. The van der Waals surface area contributed by atoms with Gasteiger partial charge in [0, 0.05) is 35.6 Å². The molecule has 0 aliphatic heterocycles. The molecular weight excluding hydrogens is 304 g/mol. The standard InChI is InChI=1S/C16H21ClN2O3/c1-3-19-14-5-4-12(17)10-13(14)11(2)15(19)16(22)18(6-8-20)7-9-21/h4-5,10,20-21H,3,6-9H2,1-2H3. The number of aromatic nitrogens is 1. The summed E-state index contributed by atoms with van der Waals surface area (Å²) in [6.45, 7) is 4.65. The number of aryl methyl sites for hydroxylation is 2. The Labute approximate surface area is 134 Å². The number of carbonyl (C=O) groups is 1. The monoisotopic (exact) mass is 324 g/mol. The minimum atomic E-state index is -0.185. The van der Waals surface area contributed by atoms with E-state index in [4.69, 9.17) is 21.8 Å². The maximum atomic E-state index is 12.8. The van der Waals surface area contributed by atoms with Crippen molar-refractivity contribution in [1.82, 2.24) is 9.47 Å². The second-order valence-electron chi connectivity index (χ2n) is 5.12. The normalized spacial score (nSPS) is 11.1. The SMILES string of the molecule is CCn1c(C(=O)N(CCO)CCO)c(C)c2cc(Cl)ccc21. The number of halogens is 1. The predicted molar refractivity (Wildman–Crippen MR) is 87.4 cm³/mol. The summed E-state index contributed by atoms with van der Waals surface area (Å²) in [5.74, 6) is -0.185. The fraction of sp³-hybridized carbons (Fsp3) is 0.438. The lowest BCUT2D eigenvalue weighted by molar-refractivity contribution is 0.0674. The summed E-state index contributed by atoms with van der Waals surface area (Å²) in [4.78, 5) is 14.3. The molecule has 1 aromatic carbocycles. The Morgan fingerprint density at radius 1 is 1.27 bits per heavy atom. The molecule has 6 heteroatoms. The number of aliphatic hydroxyl groups is 2. The third-order valence-electron chi connectivity index (χ3n) is 3.82. The lowest BCUT2D eigenvalue weighted by Gasteiger charge is -2.22. The van der Waals surface area contributed by atoms with Crippen LogP contribution >= 0.6 is 11.6 Å². The summed E-state index contributed by atoms with van der Waals surface area (Å²) in [5.41, 5.74) is 2.41. The van der Waals surface area contributed by atoms with E-state index < -0.39 is 0 Å². The number of hydrogen-bond donors (Lipinski definition) is 2. The van der Waals surface area contributed by atoms with Gasteiger partial charge in [-0.3, -0.25) is 4.79 Å². The van der Waals surface area contributed by atoms with Crippen LogP contribution in [-0.2, 0) is 6.54 Å². The average Bonchev–Trinajstić information content (AvgIpc) is 2.78. The fourth-order valence-electron chi connectivity index (χ4n) is 2.80. The third kappa shape index (κ3) is 2.97. The van der Waals surface area contributed by atoms with Crippen molar-refractivity contribution in [2.45, 2.75) is 20.4 Å². The first kappa shape index (κ1) is 16.8. The van der Waals surface area contributed by atoms with Gasteiger partial charge in [-0.15, -0.1) is 0 Å². The topological polar surface area (TPSA) is 65.7 Å². The minimum absolute atomic E-state index is 0.136. The second kappa shape index (κ2) is 7.13. The largest absolute Gasteiger partial charge is 0.395 e. The van der Waals surface area contributed by atoms with Crippen molar-refractivity contribution >= 4 is 28.4 Å². The molecule has 0 aliphatic carbocycles. The third-order valence-corrected chi connectivity index (χ3v) is 4.06. The quantitative estimate of drug-likeness (QED) is 0.854. The maximum Gasteiger partial charge on any atom is 0.270 e. The Morgan fingerprint density at radius 2 is 1.91 bits per heavy atom. The molecule has 0 aliphatic rings. The predicted octanol–water partition coefficient (Wildman–Crippen LogP) is 2.05. The molecule has 5 nitrogen and oxygen atoms in total. The van der Waals surface area contributed by atoms with Gasteiger partial charge in [0.05, 0.1) is 13.2 Å². The van der Waals surface area contributed by atoms with Gasteiger partial charge in [0.25, 0.3) is 5.91 Å². The lowest BCUT2D eigenvalue weighted by Crippen LogP contribution is -2.37. The number of aliphatic hydroxyl groups excluding tert-OH is 2. The van der Waals surface area contributed by atoms with E-state index in [1.54, 1.807) is 0 Å². The Bertz CT molecular complexity index is 676. The number of amides is 1. The van der Waals surface area contributed by atoms with Crippen LogP contribution < -0.4 is 0 Å². The molecule has 2 aromatic rings.